The molecule has 0 atom stereocenters. The summed E-state index contributed by atoms with van der Waals surface area (Å²) in [5.41, 5.74) is 6.50. The quantitative estimate of drug-likeness (QED) is 0.692. The van der Waals surface area contributed by atoms with E-state index in [2.05, 4.69) is 9.98 Å². The van der Waals surface area contributed by atoms with Crippen molar-refractivity contribution in [1.82, 2.24) is 4.98 Å². The molecule has 0 aromatic carbocycles. The number of ether oxygens (including phenoxy) is 1. The van der Waals surface area contributed by atoms with E-state index in [1.165, 1.54) is 7.11 Å². The van der Waals surface area contributed by atoms with Crippen LogP contribution in [0.3, 0.4) is 0 Å². The van der Waals surface area contributed by atoms with Crippen molar-refractivity contribution in [2.45, 2.75) is 0 Å². The van der Waals surface area contributed by atoms with E-state index in [1.807, 2.05) is 6.07 Å². The molecule has 2 aromatic heterocycles. The highest BCUT2D eigenvalue weighted by Gasteiger charge is 2.22. The molecule has 2 aromatic rings. The van der Waals surface area contributed by atoms with Gasteiger partial charge in [0.15, 0.2) is 5.76 Å². The van der Waals surface area contributed by atoms with Gasteiger partial charge in [0.1, 0.15) is 0 Å². The number of methoxy groups -OCH3 is 1. The SMILES string of the molecule is COc1cc2[n+](c(N)n1)=C(c1ccco1)N=2. The average molecular weight is 217 g/mol. The Labute approximate surface area is 90.4 Å². The second-order valence-electron chi connectivity index (χ2n) is 3.26. The predicted octanol–water partition coefficient (Wildman–Crippen LogP) is -0.428. The fourth-order valence-electron chi connectivity index (χ4n) is 1.58. The molecule has 0 saturated heterocycles. The molecule has 80 valence electrons. The summed E-state index contributed by atoms with van der Waals surface area (Å²) in [7, 11) is 1.54. The van der Waals surface area contributed by atoms with Crippen LogP contribution in [0.15, 0.2) is 33.9 Å². The lowest BCUT2D eigenvalue weighted by Gasteiger charge is -2.05. The summed E-state index contributed by atoms with van der Waals surface area (Å²) in [6.07, 6.45) is 1.59. The number of fused-ring (bicyclic) bond motifs is 1. The van der Waals surface area contributed by atoms with Crippen LogP contribution in [0.25, 0.3) is 0 Å². The van der Waals surface area contributed by atoms with E-state index < -0.39 is 0 Å². The van der Waals surface area contributed by atoms with Crippen molar-refractivity contribution in [3.05, 3.63) is 41.5 Å². The molecule has 6 heteroatoms. The summed E-state index contributed by atoms with van der Waals surface area (Å²) in [5, 5.41) is 0. The summed E-state index contributed by atoms with van der Waals surface area (Å²) in [6.45, 7) is 0. The van der Waals surface area contributed by atoms with Crippen LogP contribution in [-0.2, 0) is 0 Å². The molecule has 2 N–H and O–H groups in total. The number of hydrogen-bond acceptors (Lipinski definition) is 5. The van der Waals surface area contributed by atoms with Crippen LogP contribution in [0, 0.1) is 5.84 Å². The topological polar surface area (TPSA) is 79.5 Å². The molecular weight excluding hydrogens is 208 g/mol. The summed E-state index contributed by atoms with van der Waals surface area (Å²) < 4.78 is 11.9. The number of furan rings is 1. The van der Waals surface area contributed by atoms with Crippen molar-refractivity contribution in [3.8, 4) is 5.88 Å². The molecule has 1 aliphatic rings. The normalized spacial score (nSPS) is 12.7. The molecule has 0 aliphatic carbocycles. The standard InChI is InChI=1S/C10H8N4O2/c1-15-8-5-7-12-9(6-3-2-4-16-6)14(7)10(11)13-8/h2-5,11H,1H3/p+1. The molecule has 3 rings (SSSR count). The van der Waals surface area contributed by atoms with E-state index >= 15 is 0 Å². The summed E-state index contributed by atoms with van der Waals surface area (Å²) >= 11 is 0. The molecule has 0 fully saturated rings. The Balaban J connectivity index is 2.25. The Kier molecular flexibility index (Phi) is 1.70. The number of nitrogens with two attached hydrogens (primary N) is 1. The molecule has 16 heavy (non-hydrogen) atoms. The van der Waals surface area contributed by atoms with E-state index in [0.717, 1.165) is 0 Å². The lowest BCUT2D eigenvalue weighted by molar-refractivity contribution is -0.550. The molecule has 0 saturated carbocycles. The molecule has 1 aliphatic heterocycles. The minimum absolute atomic E-state index is 0.329. The molecule has 0 radical (unpaired) electrons. The first kappa shape index (κ1) is 8.90. The molecule has 0 unspecified atom stereocenters. The van der Waals surface area contributed by atoms with Crippen molar-refractivity contribution in [1.29, 1.82) is 0 Å². The maximum atomic E-state index is 5.79. The number of anilines is 1. The number of aromatic nitrogens is 2. The Morgan fingerprint density at radius 2 is 2.38 bits per heavy atom. The largest absolute Gasteiger partial charge is 0.474 e. The van der Waals surface area contributed by atoms with E-state index in [0.29, 0.717) is 28.9 Å². The highest BCUT2D eigenvalue weighted by molar-refractivity contribution is 5.19. The molecule has 6 nitrogen and oxygen atoms in total. The van der Waals surface area contributed by atoms with Gasteiger partial charge in [-0.25, -0.2) is 0 Å². The number of nitrogens with zero attached hydrogens (tertiary/aromatic N) is 3. The highest BCUT2D eigenvalue weighted by Crippen LogP contribution is 2.11. The molecule has 0 amide bonds. The fraction of sp³-hybridized carbons (Fsp3) is 0.100. The van der Waals surface area contributed by atoms with Crippen LogP contribution < -0.4 is 20.2 Å². The Hall–Kier alpha value is -2.37. The van der Waals surface area contributed by atoms with Crippen LogP contribution in [0.5, 0.6) is 5.88 Å². The van der Waals surface area contributed by atoms with Gasteiger partial charge >= 0.3 is 5.95 Å². The zero-order chi connectivity index (χ0) is 11.1. The van der Waals surface area contributed by atoms with E-state index in [9.17, 15) is 0 Å². The van der Waals surface area contributed by atoms with Crippen LogP contribution in [0.4, 0.5) is 5.95 Å². The minimum Gasteiger partial charge on any atom is -0.474 e. The van der Waals surface area contributed by atoms with Crippen molar-refractivity contribution in [2.75, 3.05) is 12.8 Å². The van der Waals surface area contributed by atoms with E-state index in [4.69, 9.17) is 14.9 Å². The van der Waals surface area contributed by atoms with E-state index in [-0.39, 0.29) is 0 Å². The van der Waals surface area contributed by atoms with Gasteiger partial charge in [-0.15, -0.1) is 4.99 Å². The van der Waals surface area contributed by atoms with Crippen LogP contribution in [0.2, 0.25) is 0 Å². The molecule has 0 spiro atoms. The maximum Gasteiger partial charge on any atom is 0.327 e. The fourth-order valence-corrected chi connectivity index (χ4v) is 1.58. The zero-order valence-corrected chi connectivity index (χ0v) is 8.54. The van der Waals surface area contributed by atoms with Crippen LogP contribution >= 0.6 is 0 Å². The van der Waals surface area contributed by atoms with Crippen LogP contribution in [0.1, 0.15) is 5.76 Å². The Morgan fingerprint density at radius 1 is 1.50 bits per heavy atom. The van der Waals surface area contributed by atoms with Gasteiger partial charge in [-0.05, 0) is 12.1 Å². The Morgan fingerprint density at radius 3 is 3.00 bits per heavy atom. The Bertz CT molecular complexity index is 661. The minimum atomic E-state index is 0.329. The third-order valence-electron chi connectivity index (χ3n) is 2.32. The molecule has 3 heterocycles. The molecule has 0 bridgehead atoms. The summed E-state index contributed by atoms with van der Waals surface area (Å²) in [4.78, 5) is 8.34. The first-order chi connectivity index (χ1) is 7.79. The third kappa shape index (κ3) is 1.10. The van der Waals surface area contributed by atoms with Gasteiger partial charge in [0, 0.05) is 0 Å². The lowest BCUT2D eigenvalue weighted by atomic mass is 10.3. The second-order valence-corrected chi connectivity index (χ2v) is 3.26. The summed E-state index contributed by atoms with van der Waals surface area (Å²) in [6, 6.07) is 5.32. The van der Waals surface area contributed by atoms with Gasteiger partial charge in [0.05, 0.1) is 19.4 Å². The average Bonchev–Trinajstić information content (AvgIpc) is 2.73. The van der Waals surface area contributed by atoms with Crippen molar-refractivity contribution in [3.63, 3.8) is 0 Å². The monoisotopic (exact) mass is 217 g/mol. The number of rotatable bonds is 2. The zero-order valence-electron chi connectivity index (χ0n) is 8.54. The summed E-state index contributed by atoms with van der Waals surface area (Å²) in [5.74, 6) is 2.10. The van der Waals surface area contributed by atoms with Gasteiger partial charge in [0.25, 0.3) is 11.7 Å². The first-order valence-corrected chi connectivity index (χ1v) is 4.69. The van der Waals surface area contributed by atoms with Crippen molar-refractivity contribution in [2.24, 2.45) is 4.99 Å². The van der Waals surface area contributed by atoms with Gasteiger partial charge in [-0.1, -0.05) is 4.98 Å². The van der Waals surface area contributed by atoms with Crippen LogP contribution in [-0.4, -0.2) is 12.1 Å². The third-order valence-corrected chi connectivity index (χ3v) is 2.32. The van der Waals surface area contributed by atoms with Crippen molar-refractivity contribution < 1.29 is 13.4 Å². The smallest absolute Gasteiger partial charge is 0.327 e. The first-order valence-electron chi connectivity index (χ1n) is 4.69. The van der Waals surface area contributed by atoms with Gasteiger partial charge in [0.2, 0.25) is 5.49 Å². The highest BCUT2D eigenvalue weighted by atomic mass is 16.5. The van der Waals surface area contributed by atoms with E-state index in [1.54, 1.807) is 22.6 Å². The van der Waals surface area contributed by atoms with Crippen molar-refractivity contribution >= 4 is 5.95 Å². The maximum absolute atomic E-state index is 5.79. The van der Waals surface area contributed by atoms with Gasteiger partial charge in [-0.2, -0.15) is 4.24 Å². The predicted molar refractivity (Wildman–Crippen MR) is 53.0 cm³/mol. The second kappa shape index (κ2) is 3.06. The molecular formula is C10H9N4O2+. The number of nitrogen functional groups attached to an aromatic ring is 1. The van der Waals surface area contributed by atoms with Gasteiger partial charge in [-0.3, -0.25) is 0 Å². The lowest BCUT2D eigenvalue weighted by Crippen LogP contribution is -2.50. The number of hydrogen-bond donors (Lipinski definition) is 1. The van der Waals surface area contributed by atoms with Gasteiger partial charge < -0.3 is 14.9 Å².